The van der Waals surface area contributed by atoms with E-state index in [1.807, 2.05) is 13.1 Å². The van der Waals surface area contributed by atoms with Crippen LogP contribution in [0.4, 0.5) is 4.39 Å². The molecule has 1 atom stereocenters. The lowest BCUT2D eigenvalue weighted by atomic mass is 10.1. The van der Waals surface area contributed by atoms with Gasteiger partial charge in [0.15, 0.2) is 0 Å². The molecular weight excluding hydrogens is 273 g/mol. The molecule has 1 amide bonds. The lowest BCUT2D eigenvalue weighted by Crippen LogP contribution is -2.29. The molecule has 6 heteroatoms. The zero-order valence-corrected chi connectivity index (χ0v) is 11.8. The number of hydrogen-bond donors (Lipinski definition) is 2. The molecule has 1 heterocycles. The van der Waals surface area contributed by atoms with Crippen LogP contribution in [0.15, 0.2) is 36.7 Å². The SMILES string of the molecule is Cc1cnn(CCC(=O)NC[C@@H](O)c2cccc(F)c2)c1. The smallest absolute Gasteiger partial charge is 0.221 e. The quantitative estimate of drug-likeness (QED) is 0.849. The first kappa shape index (κ1) is 15.2. The number of benzene rings is 1. The van der Waals surface area contributed by atoms with E-state index in [1.54, 1.807) is 16.9 Å². The Morgan fingerprint density at radius 3 is 3.00 bits per heavy atom. The molecule has 0 saturated carbocycles. The normalized spacial score (nSPS) is 12.1. The number of hydrogen-bond acceptors (Lipinski definition) is 3. The number of aliphatic hydroxyl groups excluding tert-OH is 1. The van der Waals surface area contributed by atoms with E-state index in [0.717, 1.165) is 5.56 Å². The van der Waals surface area contributed by atoms with E-state index in [-0.39, 0.29) is 18.9 Å². The highest BCUT2D eigenvalue weighted by molar-refractivity contribution is 5.75. The highest BCUT2D eigenvalue weighted by Gasteiger charge is 2.10. The van der Waals surface area contributed by atoms with Gasteiger partial charge in [0.05, 0.1) is 12.3 Å². The molecule has 0 bridgehead atoms. The number of aryl methyl sites for hydroxylation is 2. The Balaban J connectivity index is 1.75. The van der Waals surface area contributed by atoms with Gasteiger partial charge in [0.2, 0.25) is 5.91 Å². The van der Waals surface area contributed by atoms with Crippen molar-refractivity contribution in [1.29, 1.82) is 0 Å². The molecule has 2 rings (SSSR count). The molecule has 2 N–H and O–H groups in total. The van der Waals surface area contributed by atoms with Crippen LogP contribution in [0.1, 0.15) is 23.7 Å². The first-order valence-corrected chi connectivity index (χ1v) is 6.74. The van der Waals surface area contributed by atoms with Gasteiger partial charge in [0.25, 0.3) is 0 Å². The Hall–Kier alpha value is -2.21. The number of nitrogens with zero attached hydrogens (tertiary/aromatic N) is 2. The highest BCUT2D eigenvalue weighted by Crippen LogP contribution is 2.12. The predicted octanol–water partition coefficient (Wildman–Crippen LogP) is 1.57. The molecular formula is C15H18FN3O2. The Morgan fingerprint density at radius 2 is 2.33 bits per heavy atom. The number of aromatic nitrogens is 2. The van der Waals surface area contributed by atoms with Crippen molar-refractivity contribution in [2.24, 2.45) is 0 Å². The first-order valence-electron chi connectivity index (χ1n) is 6.74. The maximum atomic E-state index is 13.0. The van der Waals surface area contributed by atoms with Crippen LogP contribution in [0.2, 0.25) is 0 Å². The summed E-state index contributed by atoms with van der Waals surface area (Å²) in [6.07, 6.45) is 2.94. The van der Waals surface area contributed by atoms with Crippen LogP contribution in [-0.4, -0.2) is 27.3 Å². The molecule has 5 nitrogen and oxygen atoms in total. The molecule has 112 valence electrons. The second-order valence-electron chi connectivity index (χ2n) is 4.91. The van der Waals surface area contributed by atoms with Gasteiger partial charge in [-0.25, -0.2) is 4.39 Å². The van der Waals surface area contributed by atoms with E-state index in [9.17, 15) is 14.3 Å². The topological polar surface area (TPSA) is 67.2 Å². The van der Waals surface area contributed by atoms with Gasteiger partial charge in [-0.15, -0.1) is 0 Å². The fourth-order valence-corrected chi connectivity index (χ4v) is 1.94. The largest absolute Gasteiger partial charge is 0.387 e. The van der Waals surface area contributed by atoms with Crippen LogP contribution < -0.4 is 5.32 Å². The molecule has 21 heavy (non-hydrogen) atoms. The van der Waals surface area contributed by atoms with Crippen molar-refractivity contribution in [3.05, 3.63) is 53.6 Å². The molecule has 0 fully saturated rings. The molecule has 2 aromatic rings. The Kier molecular flexibility index (Phi) is 5.05. The minimum absolute atomic E-state index is 0.0560. The van der Waals surface area contributed by atoms with E-state index < -0.39 is 11.9 Å². The predicted molar refractivity (Wildman–Crippen MR) is 76.0 cm³/mol. The molecule has 0 saturated heterocycles. The van der Waals surface area contributed by atoms with Gasteiger partial charge in [0.1, 0.15) is 5.82 Å². The lowest BCUT2D eigenvalue weighted by molar-refractivity contribution is -0.121. The summed E-state index contributed by atoms with van der Waals surface area (Å²) in [5, 5.41) is 16.6. The molecule has 0 radical (unpaired) electrons. The second-order valence-corrected chi connectivity index (χ2v) is 4.91. The maximum absolute atomic E-state index is 13.0. The number of halogens is 1. The fraction of sp³-hybridized carbons (Fsp3) is 0.333. The summed E-state index contributed by atoms with van der Waals surface area (Å²) in [5.41, 5.74) is 1.48. The van der Waals surface area contributed by atoms with Crippen molar-refractivity contribution in [2.75, 3.05) is 6.54 Å². The van der Waals surface area contributed by atoms with Gasteiger partial charge < -0.3 is 10.4 Å². The van der Waals surface area contributed by atoms with Crippen molar-refractivity contribution in [3.8, 4) is 0 Å². The summed E-state index contributed by atoms with van der Waals surface area (Å²) < 4.78 is 14.7. The molecule has 1 aromatic carbocycles. The third kappa shape index (κ3) is 4.68. The number of carbonyl (C=O) groups is 1. The zero-order chi connectivity index (χ0) is 15.2. The van der Waals surface area contributed by atoms with Gasteiger partial charge in [-0.05, 0) is 30.2 Å². The van der Waals surface area contributed by atoms with Crippen LogP contribution in [-0.2, 0) is 11.3 Å². The van der Waals surface area contributed by atoms with Crippen molar-refractivity contribution in [1.82, 2.24) is 15.1 Å². The summed E-state index contributed by atoms with van der Waals surface area (Å²) >= 11 is 0. The Labute approximate surface area is 122 Å². The maximum Gasteiger partial charge on any atom is 0.221 e. The highest BCUT2D eigenvalue weighted by atomic mass is 19.1. The fourth-order valence-electron chi connectivity index (χ4n) is 1.94. The summed E-state index contributed by atoms with van der Waals surface area (Å²) in [6, 6.07) is 5.70. The summed E-state index contributed by atoms with van der Waals surface area (Å²) in [6.45, 7) is 2.47. The van der Waals surface area contributed by atoms with Gasteiger partial charge in [-0.3, -0.25) is 9.48 Å². The van der Waals surface area contributed by atoms with Crippen LogP contribution in [0, 0.1) is 12.7 Å². The van der Waals surface area contributed by atoms with Gasteiger partial charge in [0, 0.05) is 25.7 Å². The average Bonchev–Trinajstić information content (AvgIpc) is 2.88. The van der Waals surface area contributed by atoms with Gasteiger partial charge in [-0.2, -0.15) is 5.10 Å². The monoisotopic (exact) mass is 291 g/mol. The van der Waals surface area contributed by atoms with E-state index in [0.29, 0.717) is 12.1 Å². The second kappa shape index (κ2) is 6.99. The summed E-state index contributed by atoms with van der Waals surface area (Å²) in [4.78, 5) is 11.7. The standard InChI is InChI=1S/C15H18FN3O2/c1-11-8-18-19(10-11)6-5-15(21)17-9-14(20)12-3-2-4-13(16)7-12/h2-4,7-8,10,14,20H,5-6,9H2,1H3,(H,17,21)/t14-/m1/s1. The third-order valence-electron chi connectivity index (χ3n) is 3.06. The minimum atomic E-state index is -0.920. The van der Waals surface area contributed by atoms with E-state index in [2.05, 4.69) is 10.4 Å². The molecule has 0 spiro atoms. The van der Waals surface area contributed by atoms with Gasteiger partial charge >= 0.3 is 0 Å². The summed E-state index contributed by atoms with van der Waals surface area (Å²) in [7, 11) is 0. The number of rotatable bonds is 6. The van der Waals surface area contributed by atoms with E-state index in [4.69, 9.17) is 0 Å². The summed E-state index contributed by atoms with van der Waals surface area (Å²) in [5.74, 6) is -0.592. The molecule has 0 aliphatic carbocycles. The molecule has 1 aromatic heterocycles. The Morgan fingerprint density at radius 1 is 1.52 bits per heavy atom. The average molecular weight is 291 g/mol. The number of amides is 1. The van der Waals surface area contributed by atoms with Crippen molar-refractivity contribution in [2.45, 2.75) is 26.0 Å². The number of aliphatic hydroxyl groups is 1. The van der Waals surface area contributed by atoms with Gasteiger partial charge in [-0.1, -0.05) is 12.1 Å². The number of nitrogens with one attached hydrogen (secondary N) is 1. The molecule has 0 unspecified atom stereocenters. The van der Waals surface area contributed by atoms with Crippen molar-refractivity contribution in [3.63, 3.8) is 0 Å². The van der Waals surface area contributed by atoms with Crippen molar-refractivity contribution >= 4 is 5.91 Å². The minimum Gasteiger partial charge on any atom is -0.387 e. The number of carbonyl (C=O) groups excluding carboxylic acids is 1. The molecule has 0 aliphatic rings. The zero-order valence-electron chi connectivity index (χ0n) is 11.8. The molecule has 0 aliphatic heterocycles. The van der Waals surface area contributed by atoms with Crippen LogP contribution in [0.5, 0.6) is 0 Å². The van der Waals surface area contributed by atoms with E-state index in [1.165, 1.54) is 18.2 Å². The van der Waals surface area contributed by atoms with Crippen LogP contribution in [0.3, 0.4) is 0 Å². The third-order valence-corrected chi connectivity index (χ3v) is 3.06. The van der Waals surface area contributed by atoms with Crippen molar-refractivity contribution < 1.29 is 14.3 Å². The van der Waals surface area contributed by atoms with Crippen LogP contribution >= 0.6 is 0 Å². The van der Waals surface area contributed by atoms with E-state index >= 15 is 0 Å². The lowest BCUT2D eigenvalue weighted by Gasteiger charge is -2.12. The van der Waals surface area contributed by atoms with Crippen LogP contribution in [0.25, 0.3) is 0 Å². The first-order chi connectivity index (χ1) is 10.0. The Bertz CT molecular complexity index is 612.